The number of piperazine rings is 1. The van der Waals surface area contributed by atoms with Crippen molar-refractivity contribution in [1.82, 2.24) is 5.32 Å². The average Bonchev–Trinajstić information content (AvgIpc) is 2.50. The molecule has 1 saturated heterocycles. The Morgan fingerprint density at radius 3 is 2.43 bits per heavy atom. The highest BCUT2D eigenvalue weighted by Crippen LogP contribution is 2.24. The molecule has 2 amide bonds. The number of rotatable bonds is 5. The second-order valence-corrected chi connectivity index (χ2v) is 5.20. The Bertz CT molecular complexity index is 513. The van der Waals surface area contributed by atoms with Crippen LogP contribution in [-0.2, 0) is 9.59 Å². The summed E-state index contributed by atoms with van der Waals surface area (Å²) in [5, 5.41) is 2.75. The molecule has 0 radical (unpaired) electrons. The maximum Gasteiger partial charge on any atom is 0.250 e. The van der Waals surface area contributed by atoms with Crippen LogP contribution in [0.4, 0.5) is 5.69 Å². The van der Waals surface area contributed by atoms with Crippen LogP contribution in [0.3, 0.4) is 0 Å². The first-order chi connectivity index (χ1) is 10.1. The van der Waals surface area contributed by atoms with Crippen LogP contribution < -0.4 is 15.0 Å². The zero-order valence-corrected chi connectivity index (χ0v) is 12.8. The van der Waals surface area contributed by atoms with Gasteiger partial charge in [-0.1, -0.05) is 13.8 Å². The van der Waals surface area contributed by atoms with Gasteiger partial charge in [-0.2, -0.15) is 0 Å². The van der Waals surface area contributed by atoms with E-state index in [1.807, 2.05) is 38.1 Å². The molecule has 2 unspecified atom stereocenters. The van der Waals surface area contributed by atoms with E-state index in [1.165, 1.54) is 0 Å². The molecule has 2 atom stereocenters. The molecule has 5 heteroatoms. The molecule has 2 rings (SSSR count). The van der Waals surface area contributed by atoms with Crippen molar-refractivity contribution < 1.29 is 14.3 Å². The van der Waals surface area contributed by atoms with Crippen molar-refractivity contribution in [3.8, 4) is 5.75 Å². The minimum Gasteiger partial charge on any atom is -0.494 e. The Morgan fingerprint density at radius 2 is 1.86 bits per heavy atom. The highest BCUT2D eigenvalue weighted by atomic mass is 16.5. The van der Waals surface area contributed by atoms with Gasteiger partial charge in [0.15, 0.2) is 0 Å². The molecule has 1 aromatic carbocycles. The predicted octanol–water partition coefficient (Wildman–Crippen LogP) is 2.11. The summed E-state index contributed by atoms with van der Waals surface area (Å²) in [5.41, 5.74) is 0.727. The standard InChI is InChI=1S/C16H22N2O3/c1-4-10-21-13-8-6-12(7-9-13)18-11(3)15(19)17-14(5-2)16(18)20/h6-9,11,14H,4-5,10H2,1-3H3,(H,17,19). The number of benzene rings is 1. The first kappa shape index (κ1) is 15.4. The average molecular weight is 290 g/mol. The normalized spacial score (nSPS) is 22.1. The summed E-state index contributed by atoms with van der Waals surface area (Å²) in [6.07, 6.45) is 1.53. The molecule has 1 aliphatic rings. The number of hydrogen-bond acceptors (Lipinski definition) is 3. The van der Waals surface area contributed by atoms with Gasteiger partial charge in [0.25, 0.3) is 0 Å². The Kier molecular flexibility index (Phi) is 4.83. The topological polar surface area (TPSA) is 58.6 Å². The van der Waals surface area contributed by atoms with Crippen LogP contribution in [0.25, 0.3) is 0 Å². The second-order valence-electron chi connectivity index (χ2n) is 5.20. The first-order valence-corrected chi connectivity index (χ1v) is 7.44. The quantitative estimate of drug-likeness (QED) is 0.903. The molecule has 0 bridgehead atoms. The van der Waals surface area contributed by atoms with Crippen molar-refractivity contribution in [1.29, 1.82) is 0 Å². The fourth-order valence-electron chi connectivity index (χ4n) is 2.38. The summed E-state index contributed by atoms with van der Waals surface area (Å²) in [4.78, 5) is 26.0. The van der Waals surface area contributed by atoms with E-state index >= 15 is 0 Å². The van der Waals surface area contributed by atoms with Gasteiger partial charge in [0.05, 0.1) is 6.61 Å². The monoisotopic (exact) mass is 290 g/mol. The fourth-order valence-corrected chi connectivity index (χ4v) is 2.38. The lowest BCUT2D eigenvalue weighted by Crippen LogP contribution is -2.62. The van der Waals surface area contributed by atoms with Gasteiger partial charge < -0.3 is 10.1 Å². The van der Waals surface area contributed by atoms with Crippen LogP contribution in [0.5, 0.6) is 5.75 Å². The van der Waals surface area contributed by atoms with Gasteiger partial charge in [-0.05, 0) is 44.0 Å². The van der Waals surface area contributed by atoms with Gasteiger partial charge >= 0.3 is 0 Å². The van der Waals surface area contributed by atoms with E-state index in [2.05, 4.69) is 5.32 Å². The molecule has 21 heavy (non-hydrogen) atoms. The van der Waals surface area contributed by atoms with Crippen LogP contribution in [0.15, 0.2) is 24.3 Å². The summed E-state index contributed by atoms with van der Waals surface area (Å²) >= 11 is 0. The van der Waals surface area contributed by atoms with E-state index in [4.69, 9.17) is 4.74 Å². The Labute approximate surface area is 125 Å². The van der Waals surface area contributed by atoms with E-state index in [1.54, 1.807) is 11.8 Å². The summed E-state index contributed by atoms with van der Waals surface area (Å²) in [7, 11) is 0. The van der Waals surface area contributed by atoms with Gasteiger partial charge in [0, 0.05) is 5.69 Å². The third-order valence-electron chi connectivity index (χ3n) is 3.61. The number of anilines is 1. The highest BCUT2D eigenvalue weighted by Gasteiger charge is 2.37. The van der Waals surface area contributed by atoms with E-state index < -0.39 is 12.1 Å². The molecule has 0 spiro atoms. The zero-order valence-electron chi connectivity index (χ0n) is 12.8. The minimum absolute atomic E-state index is 0.0631. The molecule has 114 valence electrons. The van der Waals surface area contributed by atoms with Crippen LogP contribution in [0.2, 0.25) is 0 Å². The van der Waals surface area contributed by atoms with Gasteiger partial charge in [-0.3, -0.25) is 14.5 Å². The fraction of sp³-hybridized carbons (Fsp3) is 0.500. The Balaban J connectivity index is 2.21. The molecule has 1 aliphatic heterocycles. The maximum atomic E-state index is 12.4. The zero-order chi connectivity index (χ0) is 15.4. The summed E-state index contributed by atoms with van der Waals surface area (Å²) < 4.78 is 5.53. The van der Waals surface area contributed by atoms with Crippen molar-refractivity contribution in [2.24, 2.45) is 0 Å². The minimum atomic E-state index is -0.497. The molecule has 1 fully saturated rings. The Morgan fingerprint density at radius 1 is 1.19 bits per heavy atom. The lowest BCUT2D eigenvalue weighted by atomic mass is 10.1. The van der Waals surface area contributed by atoms with Crippen molar-refractivity contribution >= 4 is 17.5 Å². The van der Waals surface area contributed by atoms with E-state index in [0.717, 1.165) is 17.9 Å². The third kappa shape index (κ3) is 3.17. The van der Waals surface area contributed by atoms with Crippen molar-refractivity contribution in [3.63, 3.8) is 0 Å². The van der Waals surface area contributed by atoms with E-state index in [-0.39, 0.29) is 11.8 Å². The molecular weight excluding hydrogens is 268 g/mol. The largest absolute Gasteiger partial charge is 0.494 e. The number of amides is 2. The number of nitrogens with one attached hydrogen (secondary N) is 1. The van der Waals surface area contributed by atoms with E-state index in [9.17, 15) is 9.59 Å². The Hall–Kier alpha value is -2.04. The van der Waals surface area contributed by atoms with Crippen LogP contribution in [0.1, 0.15) is 33.6 Å². The molecule has 0 saturated carbocycles. The van der Waals surface area contributed by atoms with Crippen LogP contribution >= 0.6 is 0 Å². The predicted molar refractivity (Wildman–Crippen MR) is 81.4 cm³/mol. The number of hydrogen-bond donors (Lipinski definition) is 1. The van der Waals surface area contributed by atoms with Gasteiger partial charge in [0.1, 0.15) is 17.8 Å². The van der Waals surface area contributed by atoms with Gasteiger partial charge in [-0.15, -0.1) is 0 Å². The van der Waals surface area contributed by atoms with Gasteiger partial charge in [0.2, 0.25) is 11.8 Å². The van der Waals surface area contributed by atoms with Crippen molar-refractivity contribution in [2.75, 3.05) is 11.5 Å². The third-order valence-corrected chi connectivity index (χ3v) is 3.61. The molecule has 1 aromatic rings. The highest BCUT2D eigenvalue weighted by molar-refractivity contribution is 6.08. The lowest BCUT2D eigenvalue weighted by Gasteiger charge is -2.37. The lowest BCUT2D eigenvalue weighted by molar-refractivity contribution is -0.133. The summed E-state index contributed by atoms with van der Waals surface area (Å²) in [6.45, 7) is 6.34. The second kappa shape index (κ2) is 6.61. The van der Waals surface area contributed by atoms with Crippen LogP contribution in [-0.4, -0.2) is 30.5 Å². The summed E-state index contributed by atoms with van der Waals surface area (Å²) in [5.74, 6) is 0.591. The molecule has 1 heterocycles. The summed E-state index contributed by atoms with van der Waals surface area (Å²) in [6, 6.07) is 6.37. The number of ether oxygens (including phenoxy) is 1. The molecule has 5 nitrogen and oxygen atoms in total. The SMILES string of the molecule is CCCOc1ccc(N2C(=O)C(CC)NC(=O)C2C)cc1. The first-order valence-electron chi connectivity index (χ1n) is 7.44. The van der Waals surface area contributed by atoms with Crippen LogP contribution in [0, 0.1) is 0 Å². The molecule has 0 aromatic heterocycles. The molecule has 1 N–H and O–H groups in total. The number of nitrogens with zero attached hydrogens (tertiary/aromatic N) is 1. The number of carbonyl (C=O) groups is 2. The van der Waals surface area contributed by atoms with E-state index in [0.29, 0.717) is 13.0 Å². The van der Waals surface area contributed by atoms with Gasteiger partial charge in [-0.25, -0.2) is 0 Å². The number of carbonyl (C=O) groups excluding carboxylic acids is 2. The van der Waals surface area contributed by atoms with Crippen molar-refractivity contribution in [3.05, 3.63) is 24.3 Å². The smallest absolute Gasteiger partial charge is 0.250 e. The molecule has 0 aliphatic carbocycles. The maximum absolute atomic E-state index is 12.4. The van der Waals surface area contributed by atoms with Crippen molar-refractivity contribution in [2.45, 2.75) is 45.7 Å². The molecular formula is C16H22N2O3.